The number of piperidine rings is 1. The monoisotopic (exact) mass is 174 g/mol. The highest BCUT2D eigenvalue weighted by Gasteiger charge is 2.13. The molecule has 11 heavy (non-hydrogen) atoms. The van der Waals surface area contributed by atoms with Gasteiger partial charge < -0.3 is 10.6 Å². The zero-order valence-electron chi connectivity index (χ0n) is 6.47. The molecule has 2 N–H and O–H groups in total. The van der Waals surface area contributed by atoms with E-state index in [-0.39, 0.29) is 11.7 Å². The lowest BCUT2D eigenvalue weighted by Crippen LogP contribution is -2.46. The second-order valence-electron chi connectivity index (χ2n) is 2.77. The van der Waals surface area contributed by atoms with E-state index in [1.807, 2.05) is 0 Å². The predicted octanol–water partition coefficient (Wildman–Crippen LogP) is -0.216. The molecule has 1 heterocycles. The average molecular weight is 174 g/mol. The zero-order chi connectivity index (χ0) is 8.10. The first kappa shape index (κ1) is 8.87. The Balaban J connectivity index is 2.19. The third kappa shape index (κ3) is 3.12. The van der Waals surface area contributed by atoms with Crippen molar-refractivity contribution in [2.24, 2.45) is 0 Å². The number of hydrogen-bond donors (Lipinski definition) is 3. The second-order valence-corrected chi connectivity index (χ2v) is 3.09. The van der Waals surface area contributed by atoms with E-state index in [0.717, 1.165) is 25.9 Å². The van der Waals surface area contributed by atoms with Crippen LogP contribution in [0.2, 0.25) is 0 Å². The van der Waals surface area contributed by atoms with Gasteiger partial charge in [-0.15, -0.1) is 0 Å². The van der Waals surface area contributed by atoms with Gasteiger partial charge in [0.05, 0.1) is 5.75 Å². The third-order valence-electron chi connectivity index (χ3n) is 1.81. The Morgan fingerprint density at radius 3 is 3.09 bits per heavy atom. The van der Waals surface area contributed by atoms with Gasteiger partial charge in [0, 0.05) is 12.6 Å². The molecule has 1 aliphatic rings. The molecule has 3 nitrogen and oxygen atoms in total. The summed E-state index contributed by atoms with van der Waals surface area (Å²) in [5.41, 5.74) is 0. The van der Waals surface area contributed by atoms with Gasteiger partial charge in [0.2, 0.25) is 5.91 Å². The van der Waals surface area contributed by atoms with Crippen LogP contribution >= 0.6 is 12.6 Å². The smallest absolute Gasteiger partial charge is 0.229 e. The predicted molar refractivity (Wildman–Crippen MR) is 47.9 cm³/mol. The van der Waals surface area contributed by atoms with Crippen LogP contribution in [0.4, 0.5) is 0 Å². The molecule has 1 fully saturated rings. The molecule has 0 aromatic rings. The number of carbonyl (C=O) groups excluding carboxylic acids is 1. The number of carbonyl (C=O) groups is 1. The Morgan fingerprint density at radius 2 is 2.55 bits per heavy atom. The molecule has 0 aliphatic carbocycles. The highest BCUT2D eigenvalue weighted by molar-refractivity contribution is 7.81. The van der Waals surface area contributed by atoms with Gasteiger partial charge in [-0.25, -0.2) is 0 Å². The van der Waals surface area contributed by atoms with Gasteiger partial charge in [-0.3, -0.25) is 4.79 Å². The molecule has 0 aromatic carbocycles. The van der Waals surface area contributed by atoms with Crippen LogP contribution in [0.15, 0.2) is 0 Å². The van der Waals surface area contributed by atoms with Crippen molar-refractivity contribution in [3.8, 4) is 0 Å². The Labute approximate surface area is 72.3 Å². The Bertz CT molecular complexity index is 134. The summed E-state index contributed by atoms with van der Waals surface area (Å²) in [4.78, 5) is 10.9. The number of thiol groups is 1. The van der Waals surface area contributed by atoms with Gasteiger partial charge in [-0.05, 0) is 19.4 Å². The molecule has 0 spiro atoms. The van der Waals surface area contributed by atoms with Crippen LogP contribution in [0.25, 0.3) is 0 Å². The Kier molecular flexibility index (Phi) is 3.72. The lowest BCUT2D eigenvalue weighted by Gasteiger charge is -2.23. The lowest BCUT2D eigenvalue weighted by molar-refractivity contribution is -0.119. The second kappa shape index (κ2) is 4.62. The summed E-state index contributed by atoms with van der Waals surface area (Å²) in [7, 11) is 0. The van der Waals surface area contributed by atoms with Crippen LogP contribution < -0.4 is 10.6 Å². The van der Waals surface area contributed by atoms with Crippen molar-refractivity contribution < 1.29 is 4.79 Å². The summed E-state index contributed by atoms with van der Waals surface area (Å²) in [5.74, 6) is 0.318. The maximum absolute atomic E-state index is 10.9. The topological polar surface area (TPSA) is 41.1 Å². The molecule has 1 amide bonds. The summed E-state index contributed by atoms with van der Waals surface area (Å²) < 4.78 is 0. The van der Waals surface area contributed by atoms with Crippen LogP contribution in [-0.2, 0) is 4.79 Å². The maximum Gasteiger partial charge on any atom is 0.229 e. The van der Waals surface area contributed by atoms with Crippen molar-refractivity contribution >= 4 is 18.5 Å². The molecular formula is C7H14N2OS. The molecular weight excluding hydrogens is 160 g/mol. The number of amides is 1. The van der Waals surface area contributed by atoms with E-state index < -0.39 is 0 Å². The standard InChI is InChI=1S/C7H14N2OS/c10-7(5-11)9-6-2-1-3-8-4-6/h6,8,11H,1-5H2,(H,9,10). The van der Waals surface area contributed by atoms with Crippen LogP contribution in [0.1, 0.15) is 12.8 Å². The normalized spacial score (nSPS) is 24.6. The van der Waals surface area contributed by atoms with E-state index in [1.54, 1.807) is 0 Å². The first-order valence-electron chi connectivity index (χ1n) is 3.94. The third-order valence-corrected chi connectivity index (χ3v) is 2.09. The van der Waals surface area contributed by atoms with Crippen molar-refractivity contribution in [1.29, 1.82) is 0 Å². The molecule has 1 aliphatic heterocycles. The molecule has 1 rings (SSSR count). The van der Waals surface area contributed by atoms with E-state index in [0.29, 0.717) is 6.04 Å². The van der Waals surface area contributed by atoms with Crippen LogP contribution in [0, 0.1) is 0 Å². The zero-order valence-corrected chi connectivity index (χ0v) is 7.36. The van der Waals surface area contributed by atoms with Crippen molar-refractivity contribution in [2.75, 3.05) is 18.8 Å². The fraction of sp³-hybridized carbons (Fsp3) is 0.857. The summed E-state index contributed by atoms with van der Waals surface area (Å²) in [5, 5.41) is 6.12. The Hall–Kier alpha value is -0.220. The van der Waals surface area contributed by atoms with Gasteiger partial charge in [-0.1, -0.05) is 0 Å². The molecule has 0 aromatic heterocycles. The molecule has 4 heteroatoms. The minimum Gasteiger partial charge on any atom is -0.351 e. The maximum atomic E-state index is 10.9. The summed E-state index contributed by atoms with van der Waals surface area (Å²) in [6, 6.07) is 0.323. The summed E-state index contributed by atoms with van der Waals surface area (Å²) in [6.07, 6.45) is 2.24. The molecule has 1 atom stereocenters. The molecule has 1 unspecified atom stereocenters. The average Bonchev–Trinajstić information content (AvgIpc) is 2.06. The van der Waals surface area contributed by atoms with Gasteiger partial charge in [0.1, 0.15) is 0 Å². The first-order valence-corrected chi connectivity index (χ1v) is 4.57. The quantitative estimate of drug-likeness (QED) is 0.507. The van der Waals surface area contributed by atoms with Gasteiger partial charge in [0.25, 0.3) is 0 Å². The molecule has 1 saturated heterocycles. The summed E-state index contributed by atoms with van der Waals surface area (Å²) >= 11 is 3.88. The van der Waals surface area contributed by atoms with Crippen LogP contribution in [0.5, 0.6) is 0 Å². The van der Waals surface area contributed by atoms with Gasteiger partial charge in [-0.2, -0.15) is 12.6 Å². The minimum absolute atomic E-state index is 0.0297. The molecule has 0 radical (unpaired) electrons. The fourth-order valence-corrected chi connectivity index (χ4v) is 1.34. The van der Waals surface area contributed by atoms with Crippen molar-refractivity contribution in [1.82, 2.24) is 10.6 Å². The highest BCUT2D eigenvalue weighted by atomic mass is 32.1. The minimum atomic E-state index is 0.0297. The molecule has 64 valence electrons. The molecule has 0 saturated carbocycles. The van der Waals surface area contributed by atoms with Gasteiger partial charge >= 0.3 is 0 Å². The largest absolute Gasteiger partial charge is 0.351 e. The highest BCUT2D eigenvalue weighted by Crippen LogP contribution is 2.00. The van der Waals surface area contributed by atoms with Crippen molar-refractivity contribution in [3.63, 3.8) is 0 Å². The fourth-order valence-electron chi connectivity index (χ4n) is 1.25. The first-order chi connectivity index (χ1) is 5.33. The van der Waals surface area contributed by atoms with E-state index in [2.05, 4.69) is 23.3 Å². The van der Waals surface area contributed by atoms with Gasteiger partial charge in [0.15, 0.2) is 0 Å². The number of rotatable bonds is 2. The van der Waals surface area contributed by atoms with E-state index in [4.69, 9.17) is 0 Å². The van der Waals surface area contributed by atoms with Crippen LogP contribution in [-0.4, -0.2) is 30.8 Å². The van der Waals surface area contributed by atoms with Crippen LogP contribution in [0.3, 0.4) is 0 Å². The van der Waals surface area contributed by atoms with Crippen molar-refractivity contribution in [2.45, 2.75) is 18.9 Å². The van der Waals surface area contributed by atoms with E-state index in [1.165, 1.54) is 0 Å². The number of hydrogen-bond acceptors (Lipinski definition) is 3. The molecule has 0 bridgehead atoms. The SMILES string of the molecule is O=C(CS)NC1CCCNC1. The van der Waals surface area contributed by atoms with E-state index in [9.17, 15) is 4.79 Å². The van der Waals surface area contributed by atoms with E-state index >= 15 is 0 Å². The Morgan fingerprint density at radius 1 is 1.73 bits per heavy atom. The number of nitrogens with one attached hydrogen (secondary N) is 2. The summed E-state index contributed by atoms with van der Waals surface area (Å²) in [6.45, 7) is 1.98. The van der Waals surface area contributed by atoms with Crippen molar-refractivity contribution in [3.05, 3.63) is 0 Å². The lowest BCUT2D eigenvalue weighted by atomic mass is 10.1.